The summed E-state index contributed by atoms with van der Waals surface area (Å²) in [4.78, 5) is 35.3. The highest BCUT2D eigenvalue weighted by Crippen LogP contribution is 2.18. The zero-order valence-corrected chi connectivity index (χ0v) is 18.1. The molecule has 2 aromatic rings. The second-order valence-electron chi connectivity index (χ2n) is 7.32. The van der Waals surface area contributed by atoms with Crippen molar-refractivity contribution < 1.29 is 23.9 Å². The molecule has 0 saturated heterocycles. The highest BCUT2D eigenvalue weighted by molar-refractivity contribution is 5.83. The monoisotopic (exact) mass is 426 g/mol. The van der Waals surface area contributed by atoms with Crippen LogP contribution in [0.1, 0.15) is 42.4 Å². The van der Waals surface area contributed by atoms with Crippen molar-refractivity contribution in [2.75, 3.05) is 13.2 Å². The Hall–Kier alpha value is -3.35. The summed E-state index contributed by atoms with van der Waals surface area (Å²) in [7, 11) is 0. The lowest BCUT2D eigenvalue weighted by Gasteiger charge is -2.11. The molecule has 0 aliphatic carbocycles. The van der Waals surface area contributed by atoms with Gasteiger partial charge in [0, 0.05) is 12.8 Å². The van der Waals surface area contributed by atoms with E-state index in [-0.39, 0.29) is 31.3 Å². The van der Waals surface area contributed by atoms with Gasteiger partial charge in [0.15, 0.2) is 6.61 Å². The third-order valence-electron chi connectivity index (χ3n) is 4.53. The fraction of sp³-hybridized carbons (Fsp3) is 0.375. The van der Waals surface area contributed by atoms with E-state index in [1.54, 1.807) is 6.07 Å². The molecule has 0 spiro atoms. The highest BCUT2D eigenvalue weighted by atomic mass is 16.5. The Morgan fingerprint density at radius 1 is 0.871 bits per heavy atom. The molecule has 2 amide bonds. The van der Waals surface area contributed by atoms with E-state index in [2.05, 4.69) is 10.9 Å². The summed E-state index contributed by atoms with van der Waals surface area (Å²) in [6.45, 7) is 4.02. The average molecular weight is 427 g/mol. The summed E-state index contributed by atoms with van der Waals surface area (Å²) in [6.07, 6.45) is 2.22. The molecule has 31 heavy (non-hydrogen) atoms. The number of ether oxygens (including phenoxy) is 2. The molecule has 0 atom stereocenters. The summed E-state index contributed by atoms with van der Waals surface area (Å²) >= 11 is 0. The number of hydrogen-bond acceptors (Lipinski definition) is 5. The molecule has 0 radical (unpaired) electrons. The Morgan fingerprint density at radius 2 is 1.61 bits per heavy atom. The van der Waals surface area contributed by atoms with E-state index in [0.717, 1.165) is 24.0 Å². The normalized spacial score (nSPS) is 10.3. The van der Waals surface area contributed by atoms with Crippen LogP contribution in [0.5, 0.6) is 5.75 Å². The maximum atomic E-state index is 11.8. The molecule has 0 saturated carbocycles. The smallest absolute Gasteiger partial charge is 0.305 e. The second-order valence-corrected chi connectivity index (χ2v) is 7.32. The van der Waals surface area contributed by atoms with Gasteiger partial charge in [-0.25, -0.2) is 0 Å². The molecule has 2 aromatic carbocycles. The van der Waals surface area contributed by atoms with Crippen molar-refractivity contribution in [2.24, 2.45) is 0 Å². The van der Waals surface area contributed by atoms with E-state index in [0.29, 0.717) is 18.8 Å². The predicted molar refractivity (Wildman–Crippen MR) is 117 cm³/mol. The lowest BCUT2D eigenvalue weighted by Crippen LogP contribution is -2.43. The number of hydrazine groups is 1. The molecule has 7 nitrogen and oxygen atoms in total. The number of aryl methyl sites for hydroxylation is 3. The number of benzene rings is 2. The largest absolute Gasteiger partial charge is 0.483 e. The first kappa shape index (κ1) is 23.9. The standard InChI is InChI=1S/C24H30N2O5/c1-18-13-14-21(19(2)16-18)31-17-23(28)26-25-22(27)11-6-12-24(29)30-15-7-10-20-8-4-3-5-9-20/h3-5,8-9,13-14,16H,6-7,10-12,15,17H2,1-2H3,(H,25,27)(H,26,28). The fourth-order valence-corrected chi connectivity index (χ4v) is 2.92. The number of carbonyl (C=O) groups is 3. The van der Waals surface area contributed by atoms with Crippen LogP contribution < -0.4 is 15.6 Å². The van der Waals surface area contributed by atoms with Crippen molar-refractivity contribution >= 4 is 17.8 Å². The van der Waals surface area contributed by atoms with Gasteiger partial charge in [-0.1, -0.05) is 48.0 Å². The van der Waals surface area contributed by atoms with Crippen LogP contribution in [-0.2, 0) is 25.5 Å². The van der Waals surface area contributed by atoms with E-state index < -0.39 is 5.91 Å². The van der Waals surface area contributed by atoms with Crippen LogP contribution in [-0.4, -0.2) is 31.0 Å². The summed E-state index contributed by atoms with van der Waals surface area (Å²) in [5, 5.41) is 0. The van der Waals surface area contributed by atoms with Crippen molar-refractivity contribution in [3.05, 3.63) is 65.2 Å². The Morgan fingerprint density at radius 3 is 2.35 bits per heavy atom. The van der Waals surface area contributed by atoms with Crippen molar-refractivity contribution in [2.45, 2.75) is 46.0 Å². The van der Waals surface area contributed by atoms with Crippen LogP contribution in [0.2, 0.25) is 0 Å². The van der Waals surface area contributed by atoms with E-state index in [4.69, 9.17) is 9.47 Å². The van der Waals surface area contributed by atoms with E-state index >= 15 is 0 Å². The molecule has 2 rings (SSSR count). The Balaban J connectivity index is 1.51. The molecular formula is C24H30N2O5. The lowest BCUT2D eigenvalue weighted by atomic mass is 10.1. The molecule has 7 heteroatoms. The van der Waals surface area contributed by atoms with E-state index in [9.17, 15) is 14.4 Å². The van der Waals surface area contributed by atoms with Gasteiger partial charge in [-0.3, -0.25) is 25.2 Å². The van der Waals surface area contributed by atoms with Gasteiger partial charge in [0.2, 0.25) is 5.91 Å². The first-order valence-corrected chi connectivity index (χ1v) is 10.4. The summed E-state index contributed by atoms with van der Waals surface area (Å²) in [6, 6.07) is 15.7. The average Bonchev–Trinajstić information content (AvgIpc) is 2.75. The highest BCUT2D eigenvalue weighted by Gasteiger charge is 2.09. The molecule has 0 aromatic heterocycles. The van der Waals surface area contributed by atoms with Crippen LogP contribution >= 0.6 is 0 Å². The fourth-order valence-electron chi connectivity index (χ4n) is 2.92. The number of rotatable bonds is 11. The Kier molecular flexibility index (Phi) is 10.1. The van der Waals surface area contributed by atoms with Gasteiger partial charge < -0.3 is 9.47 Å². The zero-order valence-electron chi connectivity index (χ0n) is 18.1. The van der Waals surface area contributed by atoms with Crippen LogP contribution in [0.25, 0.3) is 0 Å². The minimum absolute atomic E-state index is 0.108. The maximum absolute atomic E-state index is 11.8. The van der Waals surface area contributed by atoms with Gasteiger partial charge in [0.1, 0.15) is 5.75 Å². The summed E-state index contributed by atoms with van der Waals surface area (Å²) in [5.41, 5.74) is 7.86. The third kappa shape index (κ3) is 9.80. The Labute approximate surface area is 183 Å². The van der Waals surface area contributed by atoms with Crippen LogP contribution in [0.15, 0.2) is 48.5 Å². The second kappa shape index (κ2) is 13.1. The minimum Gasteiger partial charge on any atom is -0.483 e. The minimum atomic E-state index is -0.467. The SMILES string of the molecule is Cc1ccc(OCC(=O)NNC(=O)CCCC(=O)OCCCc2ccccc2)c(C)c1. The van der Waals surface area contributed by atoms with Gasteiger partial charge >= 0.3 is 5.97 Å². The first-order valence-electron chi connectivity index (χ1n) is 10.4. The van der Waals surface area contributed by atoms with Crippen LogP contribution in [0.3, 0.4) is 0 Å². The van der Waals surface area contributed by atoms with Gasteiger partial charge in [-0.15, -0.1) is 0 Å². The third-order valence-corrected chi connectivity index (χ3v) is 4.53. The molecule has 166 valence electrons. The van der Waals surface area contributed by atoms with Gasteiger partial charge in [0.05, 0.1) is 6.61 Å². The molecule has 0 aliphatic heterocycles. The molecule has 0 unspecified atom stereocenters. The zero-order chi connectivity index (χ0) is 22.5. The summed E-state index contributed by atoms with van der Waals surface area (Å²) in [5.74, 6) is -0.552. The van der Waals surface area contributed by atoms with Gasteiger partial charge in [-0.05, 0) is 50.3 Å². The van der Waals surface area contributed by atoms with Crippen molar-refractivity contribution in [3.8, 4) is 5.75 Å². The maximum Gasteiger partial charge on any atom is 0.305 e. The van der Waals surface area contributed by atoms with Gasteiger partial charge in [-0.2, -0.15) is 0 Å². The molecule has 0 heterocycles. The molecule has 0 fully saturated rings. The topological polar surface area (TPSA) is 93.7 Å². The number of amides is 2. The predicted octanol–water partition coefficient (Wildman–Crippen LogP) is 3.18. The quantitative estimate of drug-likeness (QED) is 0.327. The first-order chi connectivity index (χ1) is 14.9. The van der Waals surface area contributed by atoms with Crippen molar-refractivity contribution in [3.63, 3.8) is 0 Å². The van der Waals surface area contributed by atoms with Gasteiger partial charge in [0.25, 0.3) is 5.91 Å². The van der Waals surface area contributed by atoms with E-state index in [1.165, 1.54) is 5.56 Å². The Bertz CT molecular complexity index is 868. The number of nitrogens with one attached hydrogen (secondary N) is 2. The molecular weight excluding hydrogens is 396 g/mol. The number of carbonyl (C=O) groups excluding carboxylic acids is 3. The molecule has 2 N–H and O–H groups in total. The summed E-state index contributed by atoms with van der Waals surface area (Å²) < 4.78 is 10.6. The number of esters is 1. The van der Waals surface area contributed by atoms with Crippen LogP contribution in [0, 0.1) is 13.8 Å². The lowest BCUT2D eigenvalue weighted by molar-refractivity contribution is -0.144. The number of hydrogen-bond donors (Lipinski definition) is 2. The molecule has 0 aliphatic rings. The van der Waals surface area contributed by atoms with Crippen molar-refractivity contribution in [1.29, 1.82) is 0 Å². The van der Waals surface area contributed by atoms with E-state index in [1.807, 2.05) is 56.3 Å². The van der Waals surface area contributed by atoms with Crippen molar-refractivity contribution in [1.82, 2.24) is 10.9 Å². The van der Waals surface area contributed by atoms with Crippen LogP contribution in [0.4, 0.5) is 0 Å². The molecule has 0 bridgehead atoms.